The van der Waals surface area contributed by atoms with Crippen LogP contribution in [0.4, 0.5) is 0 Å². The largest absolute Gasteiger partial charge is 0.333 e. The van der Waals surface area contributed by atoms with Crippen LogP contribution in [0.3, 0.4) is 0 Å². The standard InChI is InChI=1S/C14H21N3O3S/c1-11-6-5-8-13(16-11)14(18)17-9-4-3-7-12(17)10-15-21(2,19)20/h5-6,8,12,15H,3-4,7,9-10H2,1-2H3. The molecule has 1 atom stereocenters. The van der Waals surface area contributed by atoms with Gasteiger partial charge in [-0.1, -0.05) is 6.07 Å². The summed E-state index contributed by atoms with van der Waals surface area (Å²) in [4.78, 5) is 18.6. The molecule has 1 fully saturated rings. The summed E-state index contributed by atoms with van der Waals surface area (Å²) in [6.07, 6.45) is 3.87. The molecule has 0 aliphatic carbocycles. The minimum atomic E-state index is -3.25. The van der Waals surface area contributed by atoms with E-state index in [1.807, 2.05) is 19.1 Å². The molecule has 1 aliphatic heterocycles. The maximum atomic E-state index is 12.6. The van der Waals surface area contributed by atoms with Gasteiger partial charge in [0.1, 0.15) is 5.69 Å². The van der Waals surface area contributed by atoms with E-state index in [9.17, 15) is 13.2 Å². The Labute approximate surface area is 125 Å². The van der Waals surface area contributed by atoms with E-state index in [0.29, 0.717) is 12.2 Å². The van der Waals surface area contributed by atoms with Crippen molar-refractivity contribution >= 4 is 15.9 Å². The lowest BCUT2D eigenvalue weighted by Gasteiger charge is -2.35. The molecule has 116 valence electrons. The number of hydrogen-bond acceptors (Lipinski definition) is 4. The zero-order valence-corrected chi connectivity index (χ0v) is 13.2. The van der Waals surface area contributed by atoms with E-state index in [4.69, 9.17) is 0 Å². The zero-order chi connectivity index (χ0) is 15.5. The topological polar surface area (TPSA) is 79.4 Å². The van der Waals surface area contributed by atoms with E-state index in [2.05, 4.69) is 9.71 Å². The van der Waals surface area contributed by atoms with Crippen molar-refractivity contribution in [2.24, 2.45) is 0 Å². The first-order chi connectivity index (χ1) is 9.87. The van der Waals surface area contributed by atoms with Crippen LogP contribution in [-0.4, -0.2) is 49.6 Å². The molecular weight excluding hydrogens is 290 g/mol. The number of piperidine rings is 1. The average Bonchev–Trinajstić information content (AvgIpc) is 2.44. The second kappa shape index (κ2) is 6.53. The molecule has 1 N–H and O–H groups in total. The summed E-state index contributed by atoms with van der Waals surface area (Å²) in [5.74, 6) is -0.126. The lowest BCUT2D eigenvalue weighted by molar-refractivity contribution is 0.0612. The Hall–Kier alpha value is -1.47. The number of nitrogens with zero attached hydrogens (tertiary/aromatic N) is 2. The summed E-state index contributed by atoms with van der Waals surface area (Å²) >= 11 is 0. The van der Waals surface area contributed by atoms with Crippen LogP contribution in [0.1, 0.15) is 35.4 Å². The molecule has 1 aromatic heterocycles. The minimum absolute atomic E-state index is 0.108. The van der Waals surface area contributed by atoms with Crippen molar-refractivity contribution in [3.63, 3.8) is 0 Å². The highest BCUT2D eigenvalue weighted by molar-refractivity contribution is 7.88. The van der Waals surface area contributed by atoms with Crippen molar-refractivity contribution in [2.75, 3.05) is 19.3 Å². The van der Waals surface area contributed by atoms with Gasteiger partial charge in [-0.25, -0.2) is 18.1 Å². The third-order valence-corrected chi connectivity index (χ3v) is 4.27. The van der Waals surface area contributed by atoms with Gasteiger partial charge in [0, 0.05) is 24.8 Å². The maximum Gasteiger partial charge on any atom is 0.272 e. The third-order valence-electron chi connectivity index (χ3n) is 3.58. The Kier molecular flexibility index (Phi) is 4.95. The van der Waals surface area contributed by atoms with Gasteiger partial charge in [0.05, 0.1) is 6.26 Å². The number of hydrogen-bond donors (Lipinski definition) is 1. The van der Waals surface area contributed by atoms with Crippen LogP contribution in [0, 0.1) is 6.92 Å². The van der Waals surface area contributed by atoms with Crippen molar-refractivity contribution in [2.45, 2.75) is 32.2 Å². The predicted molar refractivity (Wildman–Crippen MR) is 80.5 cm³/mol. The SMILES string of the molecule is Cc1cccc(C(=O)N2CCCCC2CNS(C)(=O)=O)n1. The first-order valence-electron chi connectivity index (χ1n) is 7.06. The van der Waals surface area contributed by atoms with E-state index < -0.39 is 10.0 Å². The quantitative estimate of drug-likeness (QED) is 0.897. The van der Waals surface area contributed by atoms with Gasteiger partial charge in [-0.3, -0.25) is 4.79 Å². The first kappa shape index (κ1) is 15.9. The summed E-state index contributed by atoms with van der Waals surface area (Å²) in [6.45, 7) is 2.75. The van der Waals surface area contributed by atoms with E-state index in [0.717, 1.165) is 31.2 Å². The van der Waals surface area contributed by atoms with E-state index in [-0.39, 0.29) is 18.5 Å². The highest BCUT2D eigenvalue weighted by Crippen LogP contribution is 2.19. The number of amides is 1. The molecule has 0 bridgehead atoms. The molecule has 2 rings (SSSR count). The molecule has 1 aliphatic rings. The normalized spacial score (nSPS) is 19.5. The summed E-state index contributed by atoms with van der Waals surface area (Å²) in [5, 5.41) is 0. The Morgan fingerprint density at radius 2 is 2.19 bits per heavy atom. The lowest BCUT2D eigenvalue weighted by Crippen LogP contribution is -2.49. The molecule has 0 spiro atoms. The van der Waals surface area contributed by atoms with Crippen LogP contribution in [0.15, 0.2) is 18.2 Å². The number of aromatic nitrogens is 1. The highest BCUT2D eigenvalue weighted by atomic mass is 32.2. The van der Waals surface area contributed by atoms with Gasteiger partial charge in [0.15, 0.2) is 0 Å². The van der Waals surface area contributed by atoms with Crippen molar-refractivity contribution in [1.29, 1.82) is 0 Å². The van der Waals surface area contributed by atoms with Gasteiger partial charge < -0.3 is 4.90 Å². The number of carbonyl (C=O) groups excluding carboxylic acids is 1. The van der Waals surface area contributed by atoms with E-state index >= 15 is 0 Å². The van der Waals surface area contributed by atoms with Gasteiger partial charge in [-0.2, -0.15) is 0 Å². The van der Waals surface area contributed by atoms with Crippen LogP contribution in [-0.2, 0) is 10.0 Å². The lowest BCUT2D eigenvalue weighted by atomic mass is 10.0. The van der Waals surface area contributed by atoms with Crippen LogP contribution < -0.4 is 4.72 Å². The molecule has 6 nitrogen and oxygen atoms in total. The average molecular weight is 311 g/mol. The van der Waals surface area contributed by atoms with Crippen molar-refractivity contribution in [3.8, 4) is 0 Å². The molecule has 0 radical (unpaired) electrons. The van der Waals surface area contributed by atoms with Crippen LogP contribution in [0.25, 0.3) is 0 Å². The van der Waals surface area contributed by atoms with E-state index in [1.54, 1.807) is 11.0 Å². The maximum absolute atomic E-state index is 12.6. The van der Waals surface area contributed by atoms with Gasteiger partial charge in [-0.15, -0.1) is 0 Å². The third kappa shape index (κ3) is 4.50. The number of nitrogens with one attached hydrogen (secondary N) is 1. The van der Waals surface area contributed by atoms with Crippen LogP contribution in [0.5, 0.6) is 0 Å². The molecule has 1 saturated heterocycles. The molecule has 0 aromatic carbocycles. The van der Waals surface area contributed by atoms with Crippen LogP contribution >= 0.6 is 0 Å². The van der Waals surface area contributed by atoms with Gasteiger partial charge in [0.25, 0.3) is 5.91 Å². The number of rotatable bonds is 4. The fraction of sp³-hybridized carbons (Fsp3) is 0.571. The molecular formula is C14H21N3O3S. The highest BCUT2D eigenvalue weighted by Gasteiger charge is 2.28. The number of pyridine rings is 1. The Balaban J connectivity index is 2.12. The van der Waals surface area contributed by atoms with Gasteiger partial charge >= 0.3 is 0 Å². The molecule has 1 unspecified atom stereocenters. The fourth-order valence-corrected chi connectivity index (χ4v) is 3.03. The second-order valence-electron chi connectivity index (χ2n) is 5.43. The summed E-state index contributed by atoms with van der Waals surface area (Å²) in [5.41, 5.74) is 1.21. The molecule has 1 aromatic rings. The van der Waals surface area contributed by atoms with Crippen molar-refractivity contribution < 1.29 is 13.2 Å². The molecule has 21 heavy (non-hydrogen) atoms. The zero-order valence-electron chi connectivity index (χ0n) is 12.4. The summed E-state index contributed by atoms with van der Waals surface area (Å²) in [7, 11) is -3.25. The Morgan fingerprint density at radius 3 is 2.86 bits per heavy atom. The Morgan fingerprint density at radius 1 is 1.43 bits per heavy atom. The summed E-state index contributed by atoms with van der Waals surface area (Å²) in [6, 6.07) is 5.24. The molecule has 1 amide bonds. The monoisotopic (exact) mass is 311 g/mol. The number of aryl methyl sites for hydroxylation is 1. The van der Waals surface area contributed by atoms with E-state index in [1.165, 1.54) is 0 Å². The number of carbonyl (C=O) groups is 1. The van der Waals surface area contributed by atoms with Crippen molar-refractivity contribution in [3.05, 3.63) is 29.6 Å². The second-order valence-corrected chi connectivity index (χ2v) is 7.27. The number of likely N-dealkylation sites (tertiary alicyclic amines) is 1. The fourth-order valence-electron chi connectivity index (χ4n) is 2.54. The smallest absolute Gasteiger partial charge is 0.272 e. The molecule has 0 saturated carbocycles. The minimum Gasteiger partial charge on any atom is -0.333 e. The molecule has 7 heteroatoms. The Bertz CT molecular complexity index is 616. The van der Waals surface area contributed by atoms with Gasteiger partial charge in [-0.05, 0) is 38.3 Å². The summed E-state index contributed by atoms with van der Waals surface area (Å²) < 4.78 is 25.0. The predicted octanol–water partition coefficient (Wildman–Crippen LogP) is 0.934. The van der Waals surface area contributed by atoms with Crippen molar-refractivity contribution in [1.82, 2.24) is 14.6 Å². The van der Waals surface area contributed by atoms with Crippen LogP contribution in [0.2, 0.25) is 0 Å². The molecule has 2 heterocycles. The van der Waals surface area contributed by atoms with Gasteiger partial charge in [0.2, 0.25) is 10.0 Å². The number of sulfonamides is 1. The first-order valence-corrected chi connectivity index (χ1v) is 8.95.